The molecule has 35 heavy (non-hydrogen) atoms. The van der Waals surface area contributed by atoms with E-state index in [1.807, 2.05) is 42.5 Å². The summed E-state index contributed by atoms with van der Waals surface area (Å²) in [6.07, 6.45) is 4.37. The molecule has 0 spiro atoms. The molecule has 0 fully saturated rings. The van der Waals surface area contributed by atoms with Crippen LogP contribution in [-0.4, -0.2) is 33.0 Å². The molecular weight excluding hydrogens is 444 g/mol. The van der Waals surface area contributed by atoms with Gasteiger partial charge >= 0.3 is 0 Å². The molecule has 4 aromatic rings. The molecule has 0 aliphatic heterocycles. The minimum Gasteiger partial charge on any atom is -0.383 e. The highest BCUT2D eigenvalue weighted by atomic mass is 16.6. The SMILES string of the molecule is N#Cc1cccc(NCCNc2ccc([N+](=O)[O-])cn2)c1-c1ncncc1NCc1ccccc1. The molecule has 0 saturated carbocycles. The third-order valence-corrected chi connectivity index (χ3v) is 5.17. The first-order chi connectivity index (χ1) is 17.2. The standard InChI is InChI=1S/C25H22N8O2/c26-13-19-7-4-8-21(28-11-12-29-23-10-9-20(15-31-23)33(34)35)24(19)25-22(16-27-17-32-25)30-14-18-5-2-1-3-6-18/h1-10,15-17,28,30H,11-12,14H2,(H,29,31). The molecule has 0 aliphatic rings. The zero-order valence-electron chi connectivity index (χ0n) is 18.7. The Morgan fingerprint density at radius 2 is 1.71 bits per heavy atom. The van der Waals surface area contributed by atoms with Crippen molar-refractivity contribution in [1.29, 1.82) is 5.26 Å². The number of aromatic nitrogens is 3. The van der Waals surface area contributed by atoms with Gasteiger partial charge in [-0.2, -0.15) is 5.26 Å². The fourth-order valence-electron chi connectivity index (χ4n) is 3.49. The molecule has 2 aromatic carbocycles. The summed E-state index contributed by atoms with van der Waals surface area (Å²) >= 11 is 0. The van der Waals surface area contributed by atoms with Gasteiger partial charge in [0, 0.05) is 37.0 Å². The lowest BCUT2D eigenvalue weighted by Crippen LogP contribution is -2.15. The average Bonchev–Trinajstić information content (AvgIpc) is 2.91. The summed E-state index contributed by atoms with van der Waals surface area (Å²) in [7, 11) is 0. The van der Waals surface area contributed by atoms with Crippen molar-refractivity contribution in [3.8, 4) is 17.3 Å². The summed E-state index contributed by atoms with van der Waals surface area (Å²) in [6, 6.07) is 20.7. The lowest BCUT2D eigenvalue weighted by Gasteiger charge is -2.16. The van der Waals surface area contributed by atoms with Gasteiger partial charge < -0.3 is 16.0 Å². The quantitative estimate of drug-likeness (QED) is 0.175. The van der Waals surface area contributed by atoms with Gasteiger partial charge in [0.05, 0.1) is 28.4 Å². The van der Waals surface area contributed by atoms with Crippen LogP contribution in [0.4, 0.5) is 22.9 Å². The van der Waals surface area contributed by atoms with Crippen LogP contribution in [-0.2, 0) is 6.54 Å². The van der Waals surface area contributed by atoms with Gasteiger partial charge in [-0.05, 0) is 23.8 Å². The van der Waals surface area contributed by atoms with Crippen molar-refractivity contribution in [2.75, 3.05) is 29.0 Å². The topological polar surface area (TPSA) is 142 Å². The molecule has 0 aliphatic carbocycles. The molecule has 10 heteroatoms. The van der Waals surface area contributed by atoms with E-state index >= 15 is 0 Å². The van der Waals surface area contributed by atoms with Crippen LogP contribution in [0.15, 0.2) is 79.4 Å². The van der Waals surface area contributed by atoms with Gasteiger partial charge in [0.15, 0.2) is 0 Å². The van der Waals surface area contributed by atoms with Gasteiger partial charge in [0.25, 0.3) is 5.69 Å². The largest absolute Gasteiger partial charge is 0.383 e. The Hall–Kier alpha value is -5.04. The normalized spacial score (nSPS) is 10.3. The molecule has 2 aromatic heterocycles. The lowest BCUT2D eigenvalue weighted by molar-refractivity contribution is -0.385. The maximum absolute atomic E-state index is 10.8. The second-order valence-corrected chi connectivity index (χ2v) is 7.48. The van der Waals surface area contributed by atoms with Gasteiger partial charge in [0.2, 0.25) is 0 Å². The number of nitriles is 1. The first kappa shape index (κ1) is 23.1. The highest BCUT2D eigenvalue weighted by Crippen LogP contribution is 2.34. The van der Waals surface area contributed by atoms with E-state index in [-0.39, 0.29) is 5.69 Å². The number of pyridine rings is 1. The molecule has 0 unspecified atom stereocenters. The fourth-order valence-corrected chi connectivity index (χ4v) is 3.49. The Labute approximate surface area is 201 Å². The molecule has 3 N–H and O–H groups in total. The Morgan fingerprint density at radius 1 is 0.886 bits per heavy atom. The second-order valence-electron chi connectivity index (χ2n) is 7.48. The number of anilines is 3. The van der Waals surface area contributed by atoms with Gasteiger partial charge in [-0.15, -0.1) is 0 Å². The summed E-state index contributed by atoms with van der Waals surface area (Å²) in [6.45, 7) is 1.60. The second kappa shape index (κ2) is 11.2. The molecule has 4 rings (SSSR count). The predicted molar refractivity (Wildman–Crippen MR) is 134 cm³/mol. The molecule has 2 heterocycles. The van der Waals surface area contributed by atoms with Crippen molar-refractivity contribution in [2.24, 2.45) is 0 Å². The van der Waals surface area contributed by atoms with E-state index in [1.165, 1.54) is 18.6 Å². The van der Waals surface area contributed by atoms with Gasteiger partial charge in [0.1, 0.15) is 24.0 Å². The van der Waals surface area contributed by atoms with Crippen LogP contribution in [0.1, 0.15) is 11.1 Å². The number of hydrogen-bond donors (Lipinski definition) is 3. The van der Waals surface area contributed by atoms with Crippen molar-refractivity contribution in [2.45, 2.75) is 6.54 Å². The molecule has 174 valence electrons. The monoisotopic (exact) mass is 466 g/mol. The number of rotatable bonds is 10. The van der Waals surface area contributed by atoms with Crippen LogP contribution < -0.4 is 16.0 Å². The number of nitrogens with one attached hydrogen (secondary N) is 3. The zero-order chi connectivity index (χ0) is 24.5. The van der Waals surface area contributed by atoms with E-state index < -0.39 is 4.92 Å². The van der Waals surface area contributed by atoms with Crippen LogP contribution in [0.25, 0.3) is 11.3 Å². The van der Waals surface area contributed by atoms with Crippen molar-refractivity contribution in [3.63, 3.8) is 0 Å². The minimum absolute atomic E-state index is 0.0619. The predicted octanol–water partition coefficient (Wildman–Crippen LogP) is 4.45. The van der Waals surface area contributed by atoms with Gasteiger partial charge in [-0.3, -0.25) is 10.1 Å². The molecule has 0 atom stereocenters. The summed E-state index contributed by atoms with van der Waals surface area (Å²) in [5.74, 6) is 0.534. The Bertz CT molecular complexity index is 1340. The maximum Gasteiger partial charge on any atom is 0.287 e. The van der Waals surface area contributed by atoms with E-state index in [4.69, 9.17) is 0 Å². The smallest absolute Gasteiger partial charge is 0.287 e. The summed E-state index contributed by atoms with van der Waals surface area (Å²) in [5.41, 5.74) is 4.32. The number of nitrogens with zero attached hydrogens (tertiary/aromatic N) is 5. The van der Waals surface area contributed by atoms with Crippen molar-refractivity contribution in [1.82, 2.24) is 15.0 Å². The number of hydrogen-bond acceptors (Lipinski definition) is 9. The van der Waals surface area contributed by atoms with E-state index in [2.05, 4.69) is 37.0 Å². The van der Waals surface area contributed by atoms with Crippen molar-refractivity contribution < 1.29 is 4.92 Å². The van der Waals surface area contributed by atoms with Crippen LogP contribution in [0.2, 0.25) is 0 Å². The molecule has 0 radical (unpaired) electrons. The Morgan fingerprint density at radius 3 is 2.46 bits per heavy atom. The molecule has 10 nitrogen and oxygen atoms in total. The van der Waals surface area contributed by atoms with Gasteiger partial charge in [-0.25, -0.2) is 15.0 Å². The van der Waals surface area contributed by atoms with Crippen LogP contribution >= 0.6 is 0 Å². The van der Waals surface area contributed by atoms with E-state index in [1.54, 1.807) is 18.3 Å². The minimum atomic E-state index is -0.488. The third-order valence-electron chi connectivity index (χ3n) is 5.17. The van der Waals surface area contributed by atoms with Crippen molar-refractivity contribution in [3.05, 3.63) is 101 Å². The Kier molecular flexibility index (Phi) is 7.40. The first-order valence-corrected chi connectivity index (χ1v) is 10.8. The number of nitro groups is 1. The summed E-state index contributed by atoms with van der Waals surface area (Å²) in [4.78, 5) is 23.0. The Balaban J connectivity index is 1.49. The van der Waals surface area contributed by atoms with Gasteiger partial charge in [-0.1, -0.05) is 36.4 Å². The van der Waals surface area contributed by atoms with E-state index in [0.717, 1.165) is 16.9 Å². The van der Waals surface area contributed by atoms with Crippen molar-refractivity contribution >= 4 is 22.9 Å². The fraction of sp³-hybridized carbons (Fsp3) is 0.120. The van der Waals surface area contributed by atoms with Crippen LogP contribution in [0.3, 0.4) is 0 Å². The third kappa shape index (κ3) is 5.85. The van der Waals surface area contributed by atoms with E-state index in [9.17, 15) is 15.4 Å². The highest BCUT2D eigenvalue weighted by Gasteiger charge is 2.16. The lowest BCUT2D eigenvalue weighted by atomic mass is 10.0. The molecular formula is C25H22N8O2. The van der Waals surface area contributed by atoms with Crippen LogP contribution in [0, 0.1) is 21.4 Å². The molecule has 0 bridgehead atoms. The molecule has 0 saturated heterocycles. The van der Waals surface area contributed by atoms with Crippen LogP contribution in [0.5, 0.6) is 0 Å². The summed E-state index contributed by atoms with van der Waals surface area (Å²) < 4.78 is 0. The highest BCUT2D eigenvalue weighted by molar-refractivity contribution is 5.87. The first-order valence-electron chi connectivity index (χ1n) is 10.8. The average molecular weight is 467 g/mol. The summed E-state index contributed by atoms with van der Waals surface area (Å²) in [5, 5.41) is 30.4. The maximum atomic E-state index is 10.8. The van der Waals surface area contributed by atoms with E-state index in [0.29, 0.717) is 42.3 Å². The molecule has 0 amide bonds. The number of benzene rings is 2. The zero-order valence-corrected chi connectivity index (χ0v) is 18.7.